The highest BCUT2D eigenvalue weighted by Gasteiger charge is 1.86. The van der Waals surface area contributed by atoms with E-state index in [1.54, 1.807) is 13.2 Å². The van der Waals surface area contributed by atoms with Crippen LogP contribution in [0.5, 0.6) is 0 Å². The van der Waals surface area contributed by atoms with Gasteiger partial charge in [0.1, 0.15) is 0 Å². The highest BCUT2D eigenvalue weighted by Crippen LogP contribution is 2.00. The van der Waals surface area contributed by atoms with E-state index in [1.165, 1.54) is 5.57 Å². The van der Waals surface area contributed by atoms with Crippen molar-refractivity contribution in [2.45, 2.75) is 75.7 Å². The van der Waals surface area contributed by atoms with Crippen LogP contribution in [0.25, 0.3) is 0 Å². The lowest BCUT2D eigenvalue weighted by atomic mass is 10.2. The molecule has 0 spiro atoms. The van der Waals surface area contributed by atoms with Gasteiger partial charge in [-0.05, 0) is 20.3 Å². The molecule has 1 heteroatoms. The second-order valence-electron chi connectivity index (χ2n) is 2.22. The fourth-order valence-electron chi connectivity index (χ4n) is 0.584. The van der Waals surface area contributed by atoms with Crippen molar-refractivity contribution in [3.63, 3.8) is 0 Å². The molecule has 0 rings (SSSR count). The minimum absolute atomic E-state index is 0.783. The molecule has 0 bridgehead atoms. The van der Waals surface area contributed by atoms with Crippen LogP contribution >= 0.6 is 0 Å². The van der Waals surface area contributed by atoms with E-state index in [1.807, 2.05) is 81.4 Å². The molecule has 0 amide bonds. The maximum atomic E-state index is 4.89. The SMILES string of the molecule is C=C.C=C/C(=C\C)CCOC.C=CC.CC.CC.CC.CC. The molecule has 1 nitrogen and oxygen atoms in total. The van der Waals surface area contributed by atoms with Crippen molar-refractivity contribution < 1.29 is 4.74 Å². The lowest BCUT2D eigenvalue weighted by Crippen LogP contribution is -1.88. The lowest BCUT2D eigenvalue weighted by molar-refractivity contribution is 0.203. The topological polar surface area (TPSA) is 9.23 Å². The quantitative estimate of drug-likeness (QED) is 0.374. The molecule has 0 aromatic carbocycles. The van der Waals surface area contributed by atoms with Gasteiger partial charge in [-0.1, -0.05) is 85.8 Å². The normalized spacial score (nSPS) is 6.59. The summed E-state index contributed by atoms with van der Waals surface area (Å²) in [7, 11) is 1.70. The molecular weight excluding hydrogens is 268 g/mol. The van der Waals surface area contributed by atoms with Crippen molar-refractivity contribution in [3.8, 4) is 0 Å². The first-order chi connectivity index (χ1) is 10.8. The van der Waals surface area contributed by atoms with Gasteiger partial charge in [0.2, 0.25) is 0 Å². The van der Waals surface area contributed by atoms with E-state index in [9.17, 15) is 0 Å². The maximum absolute atomic E-state index is 4.89. The van der Waals surface area contributed by atoms with Crippen LogP contribution < -0.4 is 0 Å². The summed E-state index contributed by atoms with van der Waals surface area (Å²) in [6.45, 7) is 33.7. The fourth-order valence-corrected chi connectivity index (χ4v) is 0.584. The van der Waals surface area contributed by atoms with Crippen molar-refractivity contribution in [2.75, 3.05) is 13.7 Å². The van der Waals surface area contributed by atoms with E-state index in [-0.39, 0.29) is 0 Å². The third-order valence-electron chi connectivity index (χ3n) is 1.23. The first-order valence-electron chi connectivity index (χ1n) is 8.60. The van der Waals surface area contributed by atoms with Crippen molar-refractivity contribution in [1.82, 2.24) is 0 Å². The predicted octanol–water partition coefficient (Wildman–Crippen LogP) is 8.25. The van der Waals surface area contributed by atoms with Gasteiger partial charge in [-0.25, -0.2) is 0 Å². The minimum Gasteiger partial charge on any atom is -0.384 e. The average Bonchev–Trinajstić information content (AvgIpc) is 2.65. The molecular formula is C21H48O. The Balaban J connectivity index is -0.0000000291. The molecule has 0 unspecified atom stereocenters. The van der Waals surface area contributed by atoms with Gasteiger partial charge in [-0.2, -0.15) is 0 Å². The number of rotatable bonds is 4. The molecule has 0 atom stereocenters. The number of methoxy groups -OCH3 is 1. The summed E-state index contributed by atoms with van der Waals surface area (Å²) in [6, 6.07) is 0. The molecule has 0 aliphatic heterocycles. The Morgan fingerprint density at radius 3 is 1.23 bits per heavy atom. The molecule has 0 saturated heterocycles. The number of allylic oxidation sites excluding steroid dienone is 3. The fraction of sp³-hybridized carbons (Fsp3) is 0.619. The van der Waals surface area contributed by atoms with E-state index >= 15 is 0 Å². The minimum atomic E-state index is 0.783. The zero-order chi connectivity index (χ0) is 19.8. The highest BCUT2D eigenvalue weighted by molar-refractivity contribution is 5.14. The van der Waals surface area contributed by atoms with Crippen LogP contribution in [0.4, 0.5) is 0 Å². The largest absolute Gasteiger partial charge is 0.384 e. The van der Waals surface area contributed by atoms with Gasteiger partial charge in [0.15, 0.2) is 0 Å². The van der Waals surface area contributed by atoms with E-state index in [0.29, 0.717) is 0 Å². The third-order valence-corrected chi connectivity index (χ3v) is 1.23. The monoisotopic (exact) mass is 316 g/mol. The molecule has 0 aromatic rings. The van der Waals surface area contributed by atoms with E-state index in [2.05, 4.69) is 26.3 Å². The second kappa shape index (κ2) is 114. The second-order valence-corrected chi connectivity index (χ2v) is 2.22. The van der Waals surface area contributed by atoms with Crippen molar-refractivity contribution in [3.05, 3.63) is 50.1 Å². The van der Waals surface area contributed by atoms with Gasteiger partial charge in [0.25, 0.3) is 0 Å². The van der Waals surface area contributed by atoms with Gasteiger partial charge >= 0.3 is 0 Å². The number of hydrogen-bond acceptors (Lipinski definition) is 1. The van der Waals surface area contributed by atoms with Gasteiger partial charge in [-0.15, -0.1) is 19.7 Å². The number of hydrogen-bond donors (Lipinski definition) is 0. The Morgan fingerprint density at radius 1 is 0.818 bits per heavy atom. The summed E-state index contributed by atoms with van der Waals surface area (Å²) < 4.78 is 4.89. The molecule has 0 radical (unpaired) electrons. The Bertz CT molecular complexity index is 146. The molecule has 0 fully saturated rings. The van der Waals surface area contributed by atoms with E-state index in [0.717, 1.165) is 13.0 Å². The Kier molecular flexibility index (Phi) is 221. The van der Waals surface area contributed by atoms with Crippen LogP contribution in [-0.4, -0.2) is 13.7 Å². The molecule has 138 valence electrons. The zero-order valence-electron chi connectivity index (χ0n) is 17.9. The summed E-state index contributed by atoms with van der Waals surface area (Å²) in [5, 5.41) is 0. The first-order valence-corrected chi connectivity index (χ1v) is 8.60. The van der Waals surface area contributed by atoms with Gasteiger partial charge in [0, 0.05) is 7.11 Å². The molecule has 0 saturated carbocycles. The van der Waals surface area contributed by atoms with Gasteiger partial charge < -0.3 is 4.74 Å². The molecule has 0 aliphatic rings. The summed E-state index contributed by atoms with van der Waals surface area (Å²) in [5.74, 6) is 0. The van der Waals surface area contributed by atoms with Crippen LogP contribution in [0.1, 0.15) is 75.7 Å². The summed E-state index contributed by atoms with van der Waals surface area (Å²) in [5.41, 5.74) is 1.25. The van der Waals surface area contributed by atoms with Crippen LogP contribution in [0.2, 0.25) is 0 Å². The molecule has 0 aromatic heterocycles. The molecule has 0 heterocycles. The Morgan fingerprint density at radius 2 is 1.09 bits per heavy atom. The summed E-state index contributed by atoms with van der Waals surface area (Å²) in [4.78, 5) is 0. The van der Waals surface area contributed by atoms with Crippen LogP contribution in [0.3, 0.4) is 0 Å². The molecule has 22 heavy (non-hydrogen) atoms. The predicted molar refractivity (Wildman–Crippen MR) is 113 cm³/mol. The van der Waals surface area contributed by atoms with Gasteiger partial charge in [0.05, 0.1) is 6.61 Å². The van der Waals surface area contributed by atoms with Crippen LogP contribution in [0.15, 0.2) is 50.1 Å². The summed E-state index contributed by atoms with van der Waals surface area (Å²) in [6.07, 6.45) is 6.63. The Labute approximate surface area is 144 Å². The zero-order valence-corrected chi connectivity index (χ0v) is 17.9. The molecule has 0 aliphatic carbocycles. The summed E-state index contributed by atoms with van der Waals surface area (Å²) >= 11 is 0. The lowest BCUT2D eigenvalue weighted by Gasteiger charge is -1.97. The molecule has 0 N–H and O–H groups in total. The van der Waals surface area contributed by atoms with E-state index in [4.69, 9.17) is 4.74 Å². The van der Waals surface area contributed by atoms with E-state index < -0.39 is 0 Å². The van der Waals surface area contributed by atoms with Gasteiger partial charge in [-0.3, -0.25) is 0 Å². The van der Waals surface area contributed by atoms with Crippen LogP contribution in [-0.2, 0) is 4.74 Å². The van der Waals surface area contributed by atoms with Crippen LogP contribution in [0, 0.1) is 0 Å². The highest BCUT2D eigenvalue weighted by atomic mass is 16.5. The van der Waals surface area contributed by atoms with Crippen molar-refractivity contribution >= 4 is 0 Å². The average molecular weight is 317 g/mol. The third kappa shape index (κ3) is 127. The first kappa shape index (κ1) is 42.8. The smallest absolute Gasteiger partial charge is 0.0502 e. The van der Waals surface area contributed by atoms with Crippen molar-refractivity contribution in [1.29, 1.82) is 0 Å². The van der Waals surface area contributed by atoms with Crippen molar-refractivity contribution in [2.24, 2.45) is 0 Å². The maximum Gasteiger partial charge on any atom is 0.0502 e. The number of ether oxygens (including phenoxy) is 1. The Hall–Kier alpha value is -1.08. The standard InChI is InChI=1S/C8H14O.C3H6.4C2H6.C2H4/c1-4-8(5-2)6-7-9-3;1-3-2;5*1-2/h4-5H,1,6-7H2,2-3H3;3H,1H2,2H3;4*1-2H3;1-2H2/b8-5+;;;;;;.